The minimum Gasteiger partial charge on any atom is -0.489 e. The highest BCUT2D eigenvalue weighted by Crippen LogP contribution is 2.39. The van der Waals surface area contributed by atoms with Crippen molar-refractivity contribution in [3.8, 4) is 5.75 Å². The van der Waals surface area contributed by atoms with Crippen LogP contribution in [0.2, 0.25) is 13.1 Å². The Morgan fingerprint density at radius 3 is 2.46 bits per heavy atom. The van der Waals surface area contributed by atoms with Crippen LogP contribution in [0, 0.1) is 19.3 Å². The van der Waals surface area contributed by atoms with E-state index in [0.29, 0.717) is 6.61 Å². The Morgan fingerprint density at radius 1 is 1.21 bits per heavy atom. The first-order valence-corrected chi connectivity index (χ1v) is 11.8. The first kappa shape index (κ1) is 18.8. The molecule has 0 fully saturated rings. The van der Waals surface area contributed by atoms with Crippen LogP contribution < -0.4 is 9.92 Å². The van der Waals surface area contributed by atoms with E-state index in [0.717, 1.165) is 12.2 Å². The summed E-state index contributed by atoms with van der Waals surface area (Å²) in [5.41, 5.74) is 4.26. The molecule has 0 saturated carbocycles. The van der Waals surface area contributed by atoms with Crippen LogP contribution in [-0.2, 0) is 0 Å². The third kappa shape index (κ3) is 3.59. The van der Waals surface area contributed by atoms with Crippen LogP contribution >= 0.6 is 0 Å². The Kier molecular flexibility index (Phi) is 5.29. The van der Waals surface area contributed by atoms with Crippen LogP contribution in [0.25, 0.3) is 0 Å². The fourth-order valence-electron chi connectivity index (χ4n) is 3.71. The second kappa shape index (κ2) is 6.76. The number of ether oxygens (including phenoxy) is 1. The third-order valence-corrected chi connectivity index (χ3v) is 8.63. The normalized spacial score (nSPS) is 15.1. The highest BCUT2D eigenvalue weighted by Gasteiger charge is 2.37. The van der Waals surface area contributed by atoms with Crippen molar-refractivity contribution < 1.29 is 4.74 Å². The number of hydrogen-bond acceptors (Lipinski definition) is 1. The summed E-state index contributed by atoms with van der Waals surface area (Å²) in [6, 6.07) is 4.57. The SMILES string of the molecule is C=CCOc1c(C)cc(C)cc1[Si](C)(C)C1=C(C(C)(C)C)C=CC1. The summed E-state index contributed by atoms with van der Waals surface area (Å²) in [7, 11) is -1.82. The molecule has 0 aliphatic heterocycles. The zero-order valence-corrected chi connectivity index (χ0v) is 17.4. The molecule has 0 unspecified atom stereocenters. The highest BCUT2D eigenvalue weighted by molar-refractivity contribution is 6.96. The molecule has 0 radical (unpaired) electrons. The van der Waals surface area contributed by atoms with Gasteiger partial charge in [0.25, 0.3) is 0 Å². The lowest BCUT2D eigenvalue weighted by molar-refractivity contribution is 0.363. The van der Waals surface area contributed by atoms with E-state index < -0.39 is 8.07 Å². The van der Waals surface area contributed by atoms with Crippen LogP contribution in [0.4, 0.5) is 0 Å². The molecule has 0 atom stereocenters. The van der Waals surface area contributed by atoms with Crippen molar-refractivity contribution in [2.24, 2.45) is 5.41 Å². The summed E-state index contributed by atoms with van der Waals surface area (Å²) in [4.78, 5) is 0. The molecule has 0 heterocycles. The van der Waals surface area contributed by atoms with E-state index in [1.165, 1.54) is 21.9 Å². The van der Waals surface area contributed by atoms with Gasteiger partial charge in [0.1, 0.15) is 20.4 Å². The molecule has 0 aromatic heterocycles. The predicted octanol–water partition coefficient (Wildman–Crippen LogP) is 5.63. The second-order valence-corrected chi connectivity index (χ2v) is 12.8. The summed E-state index contributed by atoms with van der Waals surface area (Å²) in [5.74, 6) is 1.07. The molecule has 0 saturated heterocycles. The van der Waals surface area contributed by atoms with Crippen molar-refractivity contribution >= 4 is 13.3 Å². The minimum atomic E-state index is -1.82. The van der Waals surface area contributed by atoms with Gasteiger partial charge in [-0.15, -0.1) is 0 Å². The van der Waals surface area contributed by atoms with E-state index in [2.05, 4.69) is 78.6 Å². The van der Waals surface area contributed by atoms with Gasteiger partial charge in [-0.25, -0.2) is 0 Å². The van der Waals surface area contributed by atoms with Gasteiger partial charge in [0.05, 0.1) is 0 Å². The van der Waals surface area contributed by atoms with E-state index in [1.807, 2.05) is 6.08 Å². The lowest BCUT2D eigenvalue weighted by Gasteiger charge is -2.33. The van der Waals surface area contributed by atoms with Crippen LogP contribution in [0.15, 0.2) is 47.7 Å². The van der Waals surface area contributed by atoms with E-state index in [4.69, 9.17) is 4.74 Å². The highest BCUT2D eigenvalue weighted by atomic mass is 28.3. The number of rotatable bonds is 5. The molecule has 2 heteroatoms. The zero-order valence-electron chi connectivity index (χ0n) is 16.4. The fourth-order valence-corrected chi connectivity index (χ4v) is 7.23. The topological polar surface area (TPSA) is 9.23 Å². The molecule has 0 bridgehead atoms. The van der Waals surface area contributed by atoms with Gasteiger partial charge in [0, 0.05) is 0 Å². The summed E-state index contributed by atoms with van der Waals surface area (Å²) in [6.07, 6.45) is 7.59. The molecule has 1 aromatic rings. The second-order valence-electron chi connectivity index (χ2n) is 8.43. The molecular formula is C22H32OSi. The summed E-state index contributed by atoms with van der Waals surface area (Å²) < 4.78 is 6.11. The maximum absolute atomic E-state index is 6.11. The Balaban J connectivity index is 2.63. The van der Waals surface area contributed by atoms with Crippen molar-refractivity contribution in [3.05, 3.63) is 58.8 Å². The van der Waals surface area contributed by atoms with Gasteiger partial charge in [-0.3, -0.25) is 0 Å². The Labute approximate surface area is 149 Å². The lowest BCUT2D eigenvalue weighted by atomic mass is 9.87. The monoisotopic (exact) mass is 340 g/mol. The number of allylic oxidation sites excluding steroid dienone is 4. The lowest BCUT2D eigenvalue weighted by Crippen LogP contribution is -2.46. The van der Waals surface area contributed by atoms with Gasteiger partial charge in [-0.05, 0) is 42.0 Å². The van der Waals surface area contributed by atoms with Crippen LogP contribution in [0.5, 0.6) is 5.75 Å². The Morgan fingerprint density at radius 2 is 1.88 bits per heavy atom. The van der Waals surface area contributed by atoms with E-state index in [-0.39, 0.29) is 5.41 Å². The molecule has 24 heavy (non-hydrogen) atoms. The van der Waals surface area contributed by atoms with Gasteiger partial charge < -0.3 is 4.74 Å². The zero-order chi connectivity index (χ0) is 18.1. The molecule has 130 valence electrons. The largest absolute Gasteiger partial charge is 0.489 e. The van der Waals surface area contributed by atoms with Gasteiger partial charge >= 0.3 is 0 Å². The van der Waals surface area contributed by atoms with E-state index in [1.54, 1.807) is 5.20 Å². The molecule has 0 spiro atoms. The van der Waals surface area contributed by atoms with Crippen molar-refractivity contribution in [3.63, 3.8) is 0 Å². The molecular weight excluding hydrogens is 308 g/mol. The summed E-state index contributed by atoms with van der Waals surface area (Å²) in [6.45, 7) is 20.6. The Bertz CT molecular complexity index is 699. The molecule has 0 amide bonds. The quantitative estimate of drug-likeness (QED) is 0.499. The van der Waals surface area contributed by atoms with Gasteiger partial charge in [-0.2, -0.15) is 0 Å². The Hall–Kier alpha value is -1.54. The average Bonchev–Trinajstić information content (AvgIpc) is 2.96. The smallest absolute Gasteiger partial charge is 0.122 e. The maximum Gasteiger partial charge on any atom is 0.122 e. The number of aryl methyl sites for hydroxylation is 2. The maximum atomic E-state index is 6.11. The molecule has 1 aliphatic rings. The predicted molar refractivity (Wildman–Crippen MR) is 109 cm³/mol. The summed E-state index contributed by atoms with van der Waals surface area (Å²) in [5, 5.41) is 3.06. The fraction of sp³-hybridized carbons (Fsp3) is 0.455. The van der Waals surface area contributed by atoms with Gasteiger partial charge in [0.15, 0.2) is 0 Å². The minimum absolute atomic E-state index is 0.188. The van der Waals surface area contributed by atoms with Gasteiger partial charge in [-0.1, -0.05) is 81.6 Å². The molecule has 1 aliphatic carbocycles. The average molecular weight is 341 g/mol. The first-order chi connectivity index (χ1) is 11.1. The van der Waals surface area contributed by atoms with Crippen molar-refractivity contribution in [1.82, 2.24) is 0 Å². The first-order valence-electron chi connectivity index (χ1n) is 8.85. The molecule has 0 N–H and O–H groups in total. The van der Waals surface area contributed by atoms with Crippen molar-refractivity contribution in [1.29, 1.82) is 0 Å². The number of hydrogen-bond donors (Lipinski definition) is 0. The van der Waals surface area contributed by atoms with E-state index >= 15 is 0 Å². The van der Waals surface area contributed by atoms with Gasteiger partial charge in [0.2, 0.25) is 0 Å². The van der Waals surface area contributed by atoms with Crippen molar-refractivity contribution in [2.75, 3.05) is 6.61 Å². The van der Waals surface area contributed by atoms with Crippen LogP contribution in [0.1, 0.15) is 38.3 Å². The number of benzene rings is 1. The van der Waals surface area contributed by atoms with Crippen molar-refractivity contribution in [2.45, 2.75) is 54.1 Å². The summed E-state index contributed by atoms with van der Waals surface area (Å²) >= 11 is 0. The molecule has 1 aromatic carbocycles. The molecule has 2 rings (SSSR count). The van der Waals surface area contributed by atoms with E-state index in [9.17, 15) is 0 Å². The molecule has 1 nitrogen and oxygen atoms in total. The third-order valence-electron chi connectivity index (χ3n) is 4.93. The van der Waals surface area contributed by atoms with Crippen LogP contribution in [-0.4, -0.2) is 14.7 Å². The standard InChI is InChI=1S/C22H32OSi/c1-9-13-23-21-17(3)14-16(2)15-20(21)24(7,8)19-12-10-11-18(19)22(4,5)6/h9-11,14-15H,1,12-13H2,2-8H3. The van der Waals surface area contributed by atoms with Crippen LogP contribution in [0.3, 0.4) is 0 Å².